The smallest absolute Gasteiger partial charge is 0.239 e. The number of morpholine rings is 1. The first kappa shape index (κ1) is 18.1. The maximum Gasteiger partial charge on any atom is 0.239 e. The number of anilines is 1. The fraction of sp³-hybridized carbons (Fsp3) is 0.625. The topological polar surface area (TPSA) is 121 Å². The quantitative estimate of drug-likeness (QED) is 0.803. The van der Waals surface area contributed by atoms with Crippen LogP contribution in [0.15, 0.2) is 17.2 Å². The molecule has 0 radical (unpaired) electrons. The largest absolute Gasteiger partial charge is 0.379 e. The third-order valence-corrected chi connectivity index (χ3v) is 5.79. The fourth-order valence-electron chi connectivity index (χ4n) is 3.52. The Morgan fingerprint density at radius 3 is 2.56 bits per heavy atom. The van der Waals surface area contributed by atoms with Crippen LogP contribution in [0.2, 0.25) is 0 Å². The van der Waals surface area contributed by atoms with Gasteiger partial charge in [0.25, 0.3) is 0 Å². The Morgan fingerprint density at radius 2 is 1.96 bits per heavy atom. The van der Waals surface area contributed by atoms with Crippen molar-refractivity contribution in [2.45, 2.75) is 42.7 Å². The van der Waals surface area contributed by atoms with Crippen LogP contribution >= 0.6 is 0 Å². The Kier molecular flexibility index (Phi) is 5.54. The summed E-state index contributed by atoms with van der Waals surface area (Å²) in [5.41, 5.74) is 0.196. The second kappa shape index (κ2) is 7.66. The SMILES string of the molecule is N#Cc1cc(S(N)(=O)=O)cnc1NC1CCC(N2CCOCC2)CC1. The molecular weight excluding hydrogens is 342 g/mol. The van der Waals surface area contributed by atoms with Gasteiger partial charge in [0.05, 0.1) is 18.8 Å². The molecular formula is C16H23N5O3S. The highest BCUT2D eigenvalue weighted by molar-refractivity contribution is 7.89. The normalized spacial score (nSPS) is 25.3. The summed E-state index contributed by atoms with van der Waals surface area (Å²) in [4.78, 5) is 6.45. The Bertz CT molecular complexity index is 748. The predicted octanol–water partition coefficient (Wildman–Crippen LogP) is 0.656. The molecule has 1 aromatic heterocycles. The zero-order chi connectivity index (χ0) is 17.9. The lowest BCUT2D eigenvalue weighted by molar-refractivity contribution is 0.00790. The molecule has 0 bridgehead atoms. The number of ether oxygens (including phenoxy) is 1. The number of hydrogen-bond acceptors (Lipinski definition) is 7. The van der Waals surface area contributed by atoms with E-state index >= 15 is 0 Å². The molecule has 8 nitrogen and oxygen atoms in total. The van der Waals surface area contributed by atoms with E-state index in [9.17, 15) is 13.7 Å². The highest BCUT2D eigenvalue weighted by atomic mass is 32.2. The molecule has 1 aliphatic carbocycles. The van der Waals surface area contributed by atoms with Crippen molar-refractivity contribution in [1.29, 1.82) is 5.26 Å². The van der Waals surface area contributed by atoms with Crippen molar-refractivity contribution in [2.24, 2.45) is 5.14 Å². The molecule has 136 valence electrons. The highest BCUT2D eigenvalue weighted by Gasteiger charge is 2.27. The van der Waals surface area contributed by atoms with Gasteiger partial charge in [-0.1, -0.05) is 0 Å². The molecule has 2 heterocycles. The van der Waals surface area contributed by atoms with E-state index in [1.54, 1.807) is 0 Å². The van der Waals surface area contributed by atoms with E-state index in [2.05, 4.69) is 15.2 Å². The summed E-state index contributed by atoms with van der Waals surface area (Å²) in [5, 5.41) is 17.6. The summed E-state index contributed by atoms with van der Waals surface area (Å²) in [6.45, 7) is 3.61. The van der Waals surface area contributed by atoms with Gasteiger partial charge in [-0.2, -0.15) is 5.26 Å². The molecule has 0 aromatic carbocycles. The first-order chi connectivity index (χ1) is 12.0. The first-order valence-electron chi connectivity index (χ1n) is 8.48. The van der Waals surface area contributed by atoms with E-state index in [0.717, 1.165) is 52.0 Å². The van der Waals surface area contributed by atoms with Crippen LogP contribution in [-0.4, -0.2) is 56.7 Å². The van der Waals surface area contributed by atoms with Gasteiger partial charge in [-0.25, -0.2) is 18.5 Å². The van der Waals surface area contributed by atoms with Gasteiger partial charge < -0.3 is 10.1 Å². The minimum Gasteiger partial charge on any atom is -0.379 e. The molecule has 1 aromatic rings. The second-order valence-electron chi connectivity index (χ2n) is 6.52. The first-order valence-corrected chi connectivity index (χ1v) is 10.0. The van der Waals surface area contributed by atoms with Gasteiger partial charge in [0.15, 0.2) is 0 Å². The lowest BCUT2D eigenvalue weighted by Gasteiger charge is -2.39. The van der Waals surface area contributed by atoms with Crippen molar-refractivity contribution in [1.82, 2.24) is 9.88 Å². The van der Waals surface area contributed by atoms with E-state index in [-0.39, 0.29) is 16.5 Å². The lowest BCUT2D eigenvalue weighted by atomic mass is 9.90. The number of pyridine rings is 1. The van der Waals surface area contributed by atoms with Gasteiger partial charge in [0.2, 0.25) is 10.0 Å². The van der Waals surface area contributed by atoms with Crippen molar-refractivity contribution < 1.29 is 13.2 Å². The minimum atomic E-state index is -3.86. The third kappa shape index (κ3) is 4.46. The zero-order valence-electron chi connectivity index (χ0n) is 14.0. The summed E-state index contributed by atoms with van der Waals surface area (Å²) in [7, 11) is -3.86. The van der Waals surface area contributed by atoms with Crippen LogP contribution in [0.3, 0.4) is 0 Å². The molecule has 1 aliphatic heterocycles. The molecule has 3 rings (SSSR count). The number of nitrogens with two attached hydrogens (primary N) is 1. The molecule has 1 saturated carbocycles. The zero-order valence-corrected chi connectivity index (χ0v) is 14.8. The van der Waals surface area contributed by atoms with Crippen LogP contribution in [0.1, 0.15) is 31.2 Å². The molecule has 0 amide bonds. The number of primary sulfonamides is 1. The van der Waals surface area contributed by atoms with Gasteiger partial charge in [0.1, 0.15) is 16.8 Å². The molecule has 25 heavy (non-hydrogen) atoms. The van der Waals surface area contributed by atoms with Crippen molar-refractivity contribution in [3.05, 3.63) is 17.8 Å². The summed E-state index contributed by atoms with van der Waals surface area (Å²) in [6, 6.07) is 4.09. The van der Waals surface area contributed by atoms with Crippen LogP contribution in [0.4, 0.5) is 5.82 Å². The van der Waals surface area contributed by atoms with E-state index in [4.69, 9.17) is 9.88 Å². The van der Waals surface area contributed by atoms with Crippen LogP contribution in [-0.2, 0) is 14.8 Å². The van der Waals surface area contributed by atoms with E-state index in [1.165, 1.54) is 12.3 Å². The van der Waals surface area contributed by atoms with Crippen molar-refractivity contribution in [3.8, 4) is 6.07 Å². The summed E-state index contributed by atoms with van der Waals surface area (Å²) in [6.07, 6.45) is 5.36. The van der Waals surface area contributed by atoms with Gasteiger partial charge in [-0.05, 0) is 31.7 Å². The molecule has 0 atom stereocenters. The molecule has 2 fully saturated rings. The fourth-order valence-corrected chi connectivity index (χ4v) is 4.00. The highest BCUT2D eigenvalue weighted by Crippen LogP contribution is 2.27. The number of sulfonamides is 1. The third-order valence-electron chi connectivity index (χ3n) is 4.91. The van der Waals surface area contributed by atoms with Gasteiger partial charge in [-0.3, -0.25) is 4.90 Å². The summed E-state index contributed by atoms with van der Waals surface area (Å²) in [5.74, 6) is 0.421. The lowest BCUT2D eigenvalue weighted by Crippen LogP contribution is -2.46. The summed E-state index contributed by atoms with van der Waals surface area (Å²) >= 11 is 0. The molecule has 3 N–H and O–H groups in total. The standard InChI is InChI=1S/C16H23N5O3S/c17-10-12-9-15(25(18,22)23)11-19-16(12)20-13-1-3-14(4-2-13)21-5-7-24-8-6-21/h9,11,13-14H,1-8H2,(H,19,20)(H2,18,22,23). The van der Waals surface area contributed by atoms with E-state index < -0.39 is 10.0 Å². The van der Waals surface area contributed by atoms with Crippen LogP contribution in [0, 0.1) is 11.3 Å². The average Bonchev–Trinajstić information content (AvgIpc) is 2.62. The molecule has 0 unspecified atom stereocenters. The molecule has 9 heteroatoms. The number of aromatic nitrogens is 1. The number of hydrogen-bond donors (Lipinski definition) is 2. The predicted molar refractivity (Wildman–Crippen MR) is 92.4 cm³/mol. The number of nitrogens with zero attached hydrogens (tertiary/aromatic N) is 3. The Hall–Kier alpha value is -1.73. The molecule has 2 aliphatic rings. The number of nitrogens with one attached hydrogen (secondary N) is 1. The minimum absolute atomic E-state index is 0.148. The van der Waals surface area contributed by atoms with Crippen LogP contribution in [0.25, 0.3) is 0 Å². The Morgan fingerprint density at radius 1 is 1.28 bits per heavy atom. The Balaban J connectivity index is 1.61. The Labute approximate surface area is 148 Å². The maximum atomic E-state index is 11.4. The van der Waals surface area contributed by atoms with Crippen molar-refractivity contribution in [2.75, 3.05) is 31.6 Å². The second-order valence-corrected chi connectivity index (χ2v) is 8.08. The van der Waals surface area contributed by atoms with Crippen LogP contribution < -0.4 is 10.5 Å². The van der Waals surface area contributed by atoms with Crippen molar-refractivity contribution in [3.63, 3.8) is 0 Å². The molecule has 1 saturated heterocycles. The van der Waals surface area contributed by atoms with E-state index in [1.807, 2.05) is 6.07 Å². The maximum absolute atomic E-state index is 11.4. The van der Waals surface area contributed by atoms with E-state index in [0.29, 0.717) is 11.9 Å². The summed E-state index contributed by atoms with van der Waals surface area (Å²) < 4.78 is 28.2. The monoisotopic (exact) mass is 365 g/mol. The molecule has 0 spiro atoms. The van der Waals surface area contributed by atoms with Gasteiger partial charge in [0, 0.05) is 31.4 Å². The van der Waals surface area contributed by atoms with Gasteiger partial charge >= 0.3 is 0 Å². The van der Waals surface area contributed by atoms with Crippen molar-refractivity contribution >= 4 is 15.8 Å². The average molecular weight is 365 g/mol. The van der Waals surface area contributed by atoms with Crippen LogP contribution in [0.5, 0.6) is 0 Å². The number of nitriles is 1. The van der Waals surface area contributed by atoms with Gasteiger partial charge in [-0.15, -0.1) is 0 Å². The number of rotatable bonds is 4.